The summed E-state index contributed by atoms with van der Waals surface area (Å²) >= 11 is 0. The number of anilines is 2. The first-order valence-corrected chi connectivity index (χ1v) is 9.58. The van der Waals surface area contributed by atoms with Crippen LogP contribution in [-0.4, -0.2) is 49.0 Å². The summed E-state index contributed by atoms with van der Waals surface area (Å²) in [7, 11) is 2.14. The monoisotopic (exact) mass is 382 g/mol. The Hall–Kier alpha value is -2.93. The molecule has 0 bridgehead atoms. The molecule has 1 aliphatic rings. The lowest BCUT2D eigenvalue weighted by Gasteiger charge is -2.34. The molecule has 28 heavy (non-hydrogen) atoms. The van der Waals surface area contributed by atoms with Crippen molar-refractivity contribution in [1.29, 1.82) is 0 Å². The quantitative estimate of drug-likeness (QED) is 0.587. The van der Waals surface area contributed by atoms with Crippen molar-refractivity contribution in [2.45, 2.75) is 19.3 Å². The second-order valence-corrected chi connectivity index (χ2v) is 7.16. The molecule has 148 valence electrons. The summed E-state index contributed by atoms with van der Waals surface area (Å²) in [5, 5.41) is 13.6. The molecular weight excluding hydrogens is 356 g/mol. The Bertz CT molecular complexity index is 797. The SMILES string of the molecule is CN1CCN(c2ccc(NC(=O)CCCc3ccc([N+](=O)[O-])cc3)cc2)CC1. The summed E-state index contributed by atoms with van der Waals surface area (Å²) < 4.78 is 0. The molecule has 1 N–H and O–H groups in total. The van der Waals surface area contributed by atoms with Crippen LogP contribution in [0.1, 0.15) is 18.4 Å². The molecule has 1 fully saturated rings. The predicted molar refractivity (Wildman–Crippen MR) is 111 cm³/mol. The molecule has 1 aliphatic heterocycles. The molecule has 0 aliphatic carbocycles. The van der Waals surface area contributed by atoms with E-state index >= 15 is 0 Å². The van der Waals surface area contributed by atoms with Crippen molar-refractivity contribution < 1.29 is 9.72 Å². The third-order valence-electron chi connectivity index (χ3n) is 5.04. The number of carbonyl (C=O) groups excluding carboxylic acids is 1. The maximum Gasteiger partial charge on any atom is 0.269 e. The number of nitro benzene ring substituents is 1. The molecule has 0 unspecified atom stereocenters. The molecule has 1 saturated heterocycles. The number of nitro groups is 1. The summed E-state index contributed by atoms with van der Waals surface area (Å²) in [6.07, 6.45) is 1.83. The standard InChI is InChI=1S/C21H26N4O3/c1-23-13-15-24(16-14-23)19-11-7-18(8-12-19)22-21(26)4-2-3-17-5-9-20(10-6-17)25(27)28/h5-12H,2-4,13-16H2,1H3,(H,22,26). The van der Waals surface area contributed by atoms with Crippen LogP contribution in [0.25, 0.3) is 0 Å². The minimum Gasteiger partial charge on any atom is -0.369 e. The van der Waals surface area contributed by atoms with Gasteiger partial charge in [-0.1, -0.05) is 12.1 Å². The summed E-state index contributed by atoms with van der Waals surface area (Å²) in [4.78, 5) is 27.1. The van der Waals surface area contributed by atoms with Crippen molar-refractivity contribution in [2.24, 2.45) is 0 Å². The van der Waals surface area contributed by atoms with Crippen LogP contribution < -0.4 is 10.2 Å². The zero-order valence-electron chi connectivity index (χ0n) is 16.1. The first-order chi connectivity index (χ1) is 13.5. The van der Waals surface area contributed by atoms with Crippen LogP contribution in [-0.2, 0) is 11.2 Å². The van der Waals surface area contributed by atoms with Crippen LogP contribution in [0.5, 0.6) is 0 Å². The number of hydrogen-bond acceptors (Lipinski definition) is 5. The zero-order chi connectivity index (χ0) is 19.9. The summed E-state index contributed by atoms with van der Waals surface area (Å²) in [6.45, 7) is 4.16. The number of carbonyl (C=O) groups is 1. The van der Waals surface area contributed by atoms with E-state index in [2.05, 4.69) is 34.3 Å². The van der Waals surface area contributed by atoms with E-state index in [0.29, 0.717) is 19.3 Å². The van der Waals surface area contributed by atoms with E-state index in [9.17, 15) is 14.9 Å². The van der Waals surface area contributed by atoms with Crippen molar-refractivity contribution in [3.8, 4) is 0 Å². The fourth-order valence-electron chi connectivity index (χ4n) is 3.28. The van der Waals surface area contributed by atoms with Crippen LogP contribution in [0.15, 0.2) is 48.5 Å². The number of aryl methyl sites for hydroxylation is 1. The minimum absolute atomic E-state index is 0.0192. The topological polar surface area (TPSA) is 78.7 Å². The van der Waals surface area contributed by atoms with Gasteiger partial charge in [0.2, 0.25) is 5.91 Å². The number of non-ortho nitro benzene ring substituents is 1. The average Bonchev–Trinajstić information content (AvgIpc) is 2.70. The number of nitrogens with one attached hydrogen (secondary N) is 1. The normalized spacial score (nSPS) is 14.7. The van der Waals surface area contributed by atoms with Gasteiger partial charge in [0.1, 0.15) is 0 Å². The van der Waals surface area contributed by atoms with E-state index in [4.69, 9.17) is 0 Å². The molecular formula is C21H26N4O3. The molecule has 2 aromatic carbocycles. The van der Waals surface area contributed by atoms with Gasteiger partial charge < -0.3 is 15.1 Å². The van der Waals surface area contributed by atoms with Crippen molar-refractivity contribution in [2.75, 3.05) is 43.4 Å². The van der Waals surface area contributed by atoms with Crippen LogP contribution >= 0.6 is 0 Å². The van der Waals surface area contributed by atoms with E-state index in [1.807, 2.05) is 12.1 Å². The molecule has 7 nitrogen and oxygen atoms in total. The van der Waals surface area contributed by atoms with Crippen molar-refractivity contribution >= 4 is 23.0 Å². The van der Waals surface area contributed by atoms with E-state index < -0.39 is 4.92 Å². The highest BCUT2D eigenvalue weighted by Gasteiger charge is 2.14. The van der Waals surface area contributed by atoms with E-state index in [0.717, 1.165) is 37.4 Å². The maximum absolute atomic E-state index is 12.2. The average molecular weight is 382 g/mol. The maximum atomic E-state index is 12.2. The van der Waals surface area contributed by atoms with E-state index in [1.165, 1.54) is 17.8 Å². The van der Waals surface area contributed by atoms with Crippen LogP contribution in [0.3, 0.4) is 0 Å². The van der Waals surface area contributed by atoms with Gasteiger partial charge in [0, 0.05) is 56.1 Å². The Labute approximate surface area is 165 Å². The minimum atomic E-state index is -0.410. The number of hydrogen-bond donors (Lipinski definition) is 1. The van der Waals surface area contributed by atoms with Gasteiger partial charge in [-0.2, -0.15) is 0 Å². The number of piperazine rings is 1. The van der Waals surface area contributed by atoms with Crippen LogP contribution in [0.2, 0.25) is 0 Å². The molecule has 0 atom stereocenters. The highest BCUT2D eigenvalue weighted by Crippen LogP contribution is 2.20. The van der Waals surface area contributed by atoms with Crippen molar-refractivity contribution in [3.63, 3.8) is 0 Å². The molecule has 7 heteroatoms. The lowest BCUT2D eigenvalue weighted by molar-refractivity contribution is -0.384. The van der Waals surface area contributed by atoms with Gasteiger partial charge in [0.15, 0.2) is 0 Å². The molecule has 0 aromatic heterocycles. The number of nitrogens with zero attached hydrogens (tertiary/aromatic N) is 3. The van der Waals surface area contributed by atoms with Gasteiger partial charge in [-0.3, -0.25) is 14.9 Å². The number of amides is 1. The first-order valence-electron chi connectivity index (χ1n) is 9.58. The Morgan fingerprint density at radius 1 is 1.04 bits per heavy atom. The second kappa shape index (κ2) is 9.32. The van der Waals surface area contributed by atoms with Gasteiger partial charge in [0.05, 0.1) is 4.92 Å². The van der Waals surface area contributed by atoms with Crippen molar-refractivity contribution in [3.05, 3.63) is 64.2 Å². The summed E-state index contributed by atoms with van der Waals surface area (Å²) in [5.41, 5.74) is 3.07. The Kier molecular flexibility index (Phi) is 6.60. The molecule has 0 radical (unpaired) electrons. The number of benzene rings is 2. The predicted octanol–water partition coefficient (Wildman–Crippen LogP) is 3.31. The Morgan fingerprint density at radius 2 is 1.68 bits per heavy atom. The molecule has 3 rings (SSSR count). The molecule has 2 aromatic rings. The van der Waals surface area contributed by atoms with Gasteiger partial charge >= 0.3 is 0 Å². The molecule has 1 amide bonds. The first kappa shape index (κ1) is 19.8. The van der Waals surface area contributed by atoms with Gasteiger partial charge in [0.25, 0.3) is 5.69 Å². The second-order valence-electron chi connectivity index (χ2n) is 7.16. The van der Waals surface area contributed by atoms with Gasteiger partial charge in [-0.25, -0.2) is 0 Å². The summed E-state index contributed by atoms with van der Waals surface area (Å²) in [6, 6.07) is 14.5. The summed E-state index contributed by atoms with van der Waals surface area (Å²) in [5.74, 6) is -0.0192. The third kappa shape index (κ3) is 5.53. The van der Waals surface area contributed by atoms with Gasteiger partial charge in [-0.05, 0) is 49.7 Å². The van der Waals surface area contributed by atoms with E-state index in [-0.39, 0.29) is 11.6 Å². The molecule has 0 saturated carbocycles. The fraction of sp³-hybridized carbons (Fsp3) is 0.381. The van der Waals surface area contributed by atoms with Crippen molar-refractivity contribution in [1.82, 2.24) is 4.90 Å². The third-order valence-corrected chi connectivity index (χ3v) is 5.04. The van der Waals surface area contributed by atoms with E-state index in [1.54, 1.807) is 12.1 Å². The Balaban J connectivity index is 1.42. The molecule has 1 heterocycles. The van der Waals surface area contributed by atoms with Gasteiger partial charge in [-0.15, -0.1) is 0 Å². The number of rotatable bonds is 7. The smallest absolute Gasteiger partial charge is 0.269 e. The zero-order valence-corrected chi connectivity index (χ0v) is 16.1. The fourth-order valence-corrected chi connectivity index (χ4v) is 3.28. The largest absolute Gasteiger partial charge is 0.369 e. The lowest BCUT2D eigenvalue weighted by Crippen LogP contribution is -2.44. The lowest BCUT2D eigenvalue weighted by atomic mass is 10.1. The number of likely N-dealkylation sites (N-methyl/N-ethyl adjacent to an activating group) is 1. The highest BCUT2D eigenvalue weighted by atomic mass is 16.6. The Morgan fingerprint density at radius 3 is 2.29 bits per heavy atom. The highest BCUT2D eigenvalue weighted by molar-refractivity contribution is 5.90. The van der Waals surface area contributed by atoms with Crippen LogP contribution in [0.4, 0.5) is 17.1 Å². The van der Waals surface area contributed by atoms with Crippen LogP contribution in [0, 0.1) is 10.1 Å². The molecule has 0 spiro atoms.